The van der Waals surface area contributed by atoms with Gasteiger partial charge in [0.15, 0.2) is 0 Å². The first-order valence-corrected chi connectivity index (χ1v) is 19.3. The molecule has 0 N–H and O–H groups in total. The van der Waals surface area contributed by atoms with Crippen LogP contribution in [0.2, 0.25) is 0 Å². The van der Waals surface area contributed by atoms with Crippen LogP contribution in [0.5, 0.6) is 0 Å². The quantitative estimate of drug-likeness (QED) is 0.166. The molecule has 0 saturated heterocycles. The Bertz CT molecular complexity index is 419. The molecule has 220 valence electrons. The van der Waals surface area contributed by atoms with Gasteiger partial charge in [0.05, 0.1) is 0 Å². The molecule has 0 spiro atoms. The summed E-state index contributed by atoms with van der Waals surface area (Å²) in [6.07, 6.45) is 41.2. The molecule has 5 heteroatoms. The van der Waals surface area contributed by atoms with Crippen LogP contribution in [-0.2, 0) is 26.1 Å². The first-order chi connectivity index (χ1) is 17.9. The van der Waals surface area contributed by atoms with Crippen molar-refractivity contribution in [2.45, 2.75) is 177 Å². The fourth-order valence-electron chi connectivity index (χ4n) is 7.92. The molecule has 4 rings (SSSR count). The number of carbonyl (C=O) groups excluding carboxylic acids is 2. The van der Waals surface area contributed by atoms with Gasteiger partial charge in [0, 0.05) is 16.5 Å². The van der Waals surface area contributed by atoms with E-state index in [9.17, 15) is 0 Å². The first-order valence-electron chi connectivity index (χ1n) is 16.0. The van der Waals surface area contributed by atoms with Crippen molar-refractivity contribution in [2.75, 3.05) is 12.3 Å². The van der Waals surface area contributed by atoms with Crippen LogP contribution < -0.4 is 0 Å². The average molecular weight is 597 g/mol. The van der Waals surface area contributed by atoms with Crippen LogP contribution >= 0.6 is 15.8 Å². The minimum Gasteiger partial charge on any atom is -0.307 e. The van der Waals surface area contributed by atoms with Gasteiger partial charge < -0.3 is 9.59 Å². The molecule has 2 nitrogen and oxygen atoms in total. The van der Waals surface area contributed by atoms with E-state index in [1.807, 2.05) is 13.6 Å². The summed E-state index contributed by atoms with van der Waals surface area (Å²) in [5, 5.41) is 0. The van der Waals surface area contributed by atoms with E-state index >= 15 is 0 Å². The third-order valence-corrected chi connectivity index (χ3v) is 17.4. The molecule has 0 aliphatic heterocycles. The minimum absolute atomic E-state index is 0. The molecule has 0 amide bonds. The summed E-state index contributed by atoms with van der Waals surface area (Å²) in [7, 11) is 0.595. The van der Waals surface area contributed by atoms with E-state index in [1.54, 1.807) is 166 Å². The largest absolute Gasteiger partial charge is 0.307 e. The van der Waals surface area contributed by atoms with Crippen LogP contribution in [0.1, 0.15) is 154 Å². The van der Waals surface area contributed by atoms with Gasteiger partial charge in [-0.1, -0.05) is 119 Å². The van der Waals surface area contributed by atoms with Crippen molar-refractivity contribution >= 4 is 29.4 Å². The Kier molecular flexibility index (Phi) is 22.6. The first kappa shape index (κ1) is 35.7. The van der Waals surface area contributed by atoms with E-state index in [0.29, 0.717) is 15.8 Å². The summed E-state index contributed by atoms with van der Waals surface area (Å²) >= 11 is 0. The monoisotopic (exact) mass is 596 g/mol. The van der Waals surface area contributed by atoms with E-state index < -0.39 is 0 Å². The minimum atomic E-state index is 0. The zero-order valence-electron chi connectivity index (χ0n) is 24.1. The van der Waals surface area contributed by atoms with Gasteiger partial charge in [0.25, 0.3) is 0 Å². The van der Waals surface area contributed by atoms with Gasteiger partial charge in [0.1, 0.15) is 13.6 Å². The summed E-state index contributed by atoms with van der Waals surface area (Å²) < 4.78 is 0. The standard InChI is InChI=1S/C30H56P2.2CH2O.Ni/c1-2-10-18-27(17-9-1)31(28-19-11-3-4-12-20-28)25-26-32(29-21-13-5-6-14-22-29)30-23-15-7-8-16-24-30;2*1-2;/h27-30H,1-26H2;2*1H2;. The smallest absolute Gasteiger partial charge is 0.106 e. The van der Waals surface area contributed by atoms with Crippen LogP contribution in [-0.4, -0.2) is 48.5 Å². The Balaban J connectivity index is 0.00000131. The number of carbonyl (C=O) groups is 2. The SMILES string of the molecule is C1CCCC(P(CCP(C2CCCCCC2)C2CCCCCC2)C2CCCCCC2)CC1.C=O.C=O.[Ni]. The number of rotatable bonds is 7. The second kappa shape index (κ2) is 23.4. The molecule has 4 saturated carbocycles. The third-order valence-electron chi connectivity index (χ3n) is 9.79. The van der Waals surface area contributed by atoms with E-state index in [0.717, 1.165) is 22.6 Å². The van der Waals surface area contributed by atoms with Gasteiger partial charge in [-0.2, -0.15) is 0 Å². The molecule has 0 aromatic carbocycles. The molecule has 0 atom stereocenters. The molecule has 0 aromatic rings. The summed E-state index contributed by atoms with van der Waals surface area (Å²) in [4.78, 5) is 16.0. The van der Waals surface area contributed by atoms with Crippen molar-refractivity contribution < 1.29 is 26.1 Å². The molecule has 0 bridgehead atoms. The van der Waals surface area contributed by atoms with Crippen molar-refractivity contribution in [3.63, 3.8) is 0 Å². The summed E-state index contributed by atoms with van der Waals surface area (Å²) in [6, 6.07) is 0. The molecule has 0 unspecified atom stereocenters. The topological polar surface area (TPSA) is 34.1 Å². The van der Waals surface area contributed by atoms with Crippen LogP contribution in [0.4, 0.5) is 0 Å². The van der Waals surface area contributed by atoms with Crippen molar-refractivity contribution in [3.8, 4) is 0 Å². The van der Waals surface area contributed by atoms with Gasteiger partial charge in [-0.3, -0.25) is 0 Å². The van der Waals surface area contributed by atoms with Crippen LogP contribution in [0.25, 0.3) is 0 Å². The molecular weight excluding hydrogens is 537 g/mol. The molecule has 0 heterocycles. The Morgan fingerprint density at radius 2 is 0.514 bits per heavy atom. The normalized spacial score (nSPS) is 23.7. The van der Waals surface area contributed by atoms with E-state index in [-0.39, 0.29) is 16.5 Å². The van der Waals surface area contributed by atoms with Crippen molar-refractivity contribution in [3.05, 3.63) is 0 Å². The number of hydrogen-bond acceptors (Lipinski definition) is 2. The Hall–Kier alpha value is 0.694. The van der Waals surface area contributed by atoms with Gasteiger partial charge in [-0.15, -0.1) is 0 Å². The summed E-state index contributed by atoms with van der Waals surface area (Å²) in [5.74, 6) is 0. The van der Waals surface area contributed by atoms with Crippen LogP contribution in [0, 0.1) is 0 Å². The zero-order chi connectivity index (χ0) is 25.8. The van der Waals surface area contributed by atoms with E-state index in [1.165, 1.54) is 0 Å². The molecule has 4 fully saturated rings. The molecule has 4 aliphatic rings. The second-order valence-corrected chi connectivity index (χ2v) is 17.9. The Morgan fingerprint density at radius 1 is 0.351 bits per heavy atom. The predicted octanol–water partition coefficient (Wildman–Crippen LogP) is 10.5. The molecule has 37 heavy (non-hydrogen) atoms. The Morgan fingerprint density at radius 3 is 0.676 bits per heavy atom. The van der Waals surface area contributed by atoms with Gasteiger partial charge >= 0.3 is 0 Å². The molecular formula is C32H60NiO2P2. The van der Waals surface area contributed by atoms with Crippen molar-refractivity contribution in [1.29, 1.82) is 0 Å². The van der Waals surface area contributed by atoms with Crippen molar-refractivity contribution in [2.24, 2.45) is 0 Å². The Labute approximate surface area is 243 Å². The fraction of sp³-hybridized carbons (Fsp3) is 0.938. The maximum absolute atomic E-state index is 8.00. The van der Waals surface area contributed by atoms with Crippen molar-refractivity contribution in [1.82, 2.24) is 0 Å². The third kappa shape index (κ3) is 13.3. The van der Waals surface area contributed by atoms with Crippen LogP contribution in [0.3, 0.4) is 0 Å². The molecule has 4 aliphatic carbocycles. The van der Waals surface area contributed by atoms with Gasteiger partial charge in [-0.25, -0.2) is 0 Å². The van der Waals surface area contributed by atoms with Gasteiger partial charge in [-0.05, 0) is 86.3 Å². The molecule has 0 radical (unpaired) electrons. The number of hydrogen-bond donors (Lipinski definition) is 0. The van der Waals surface area contributed by atoms with E-state index in [2.05, 4.69) is 0 Å². The molecule has 0 aromatic heterocycles. The predicted molar refractivity (Wildman–Crippen MR) is 164 cm³/mol. The average Bonchev–Trinajstić information content (AvgIpc) is 3.54. The van der Waals surface area contributed by atoms with Crippen LogP contribution in [0.15, 0.2) is 0 Å². The fourth-order valence-corrected chi connectivity index (χ4v) is 16.5. The van der Waals surface area contributed by atoms with Gasteiger partial charge in [0.2, 0.25) is 0 Å². The zero-order valence-corrected chi connectivity index (χ0v) is 26.9. The van der Waals surface area contributed by atoms with E-state index in [4.69, 9.17) is 9.59 Å². The summed E-state index contributed by atoms with van der Waals surface area (Å²) in [6.45, 7) is 4.00. The summed E-state index contributed by atoms with van der Waals surface area (Å²) in [5.41, 5.74) is 4.65. The maximum Gasteiger partial charge on any atom is 0.106 e. The maximum atomic E-state index is 8.00. The second-order valence-electron chi connectivity index (χ2n) is 12.1.